The molecule has 0 heterocycles. The van der Waals surface area contributed by atoms with Crippen LogP contribution in [-0.2, 0) is 4.79 Å². The highest BCUT2D eigenvalue weighted by Gasteiger charge is 2.14. The van der Waals surface area contributed by atoms with Crippen LogP contribution >= 0.6 is 12.6 Å². The number of anilines is 1. The molecule has 0 saturated heterocycles. The summed E-state index contributed by atoms with van der Waals surface area (Å²) in [4.78, 5) is 21.2. The van der Waals surface area contributed by atoms with Crippen LogP contribution in [-0.4, -0.2) is 10.8 Å². The van der Waals surface area contributed by atoms with Crippen LogP contribution in [0.15, 0.2) is 23.1 Å². The van der Waals surface area contributed by atoms with E-state index in [9.17, 15) is 14.9 Å². The molecule has 1 aromatic rings. The predicted octanol–water partition coefficient (Wildman–Crippen LogP) is 1.84. The highest BCUT2D eigenvalue weighted by Crippen LogP contribution is 2.26. The zero-order chi connectivity index (χ0) is 10.7. The fourth-order valence-electron chi connectivity index (χ4n) is 0.966. The van der Waals surface area contributed by atoms with Crippen molar-refractivity contribution in [3.63, 3.8) is 0 Å². The lowest BCUT2D eigenvalue weighted by Gasteiger charge is -2.03. The first-order chi connectivity index (χ1) is 6.50. The molecule has 0 fully saturated rings. The lowest BCUT2D eigenvalue weighted by Crippen LogP contribution is -2.07. The lowest BCUT2D eigenvalue weighted by atomic mass is 10.2. The standard InChI is InChI=1S/C8H8N2O3S/c1-5(11)9-7-3-2-6(14)4-8(7)10(12)13/h2-4,14H,1H3,(H,9,11). The molecule has 0 aliphatic rings. The van der Waals surface area contributed by atoms with Crippen LogP contribution in [0.25, 0.3) is 0 Å². The second kappa shape index (κ2) is 4.10. The highest BCUT2D eigenvalue weighted by atomic mass is 32.1. The van der Waals surface area contributed by atoms with Crippen molar-refractivity contribution in [2.24, 2.45) is 0 Å². The minimum atomic E-state index is -0.564. The minimum Gasteiger partial charge on any atom is -0.321 e. The predicted molar refractivity (Wildman–Crippen MR) is 54.7 cm³/mol. The van der Waals surface area contributed by atoms with Gasteiger partial charge in [-0.25, -0.2) is 0 Å². The van der Waals surface area contributed by atoms with Gasteiger partial charge in [-0.15, -0.1) is 12.6 Å². The molecule has 0 unspecified atom stereocenters. The number of carbonyl (C=O) groups is 1. The second-order valence-electron chi connectivity index (χ2n) is 2.64. The summed E-state index contributed by atoms with van der Waals surface area (Å²) in [7, 11) is 0. The lowest BCUT2D eigenvalue weighted by molar-refractivity contribution is -0.384. The summed E-state index contributed by atoms with van der Waals surface area (Å²) in [6.07, 6.45) is 0. The molecule has 0 saturated carbocycles. The molecule has 0 aliphatic carbocycles. The van der Waals surface area contributed by atoms with Crippen molar-refractivity contribution in [1.29, 1.82) is 0 Å². The molecule has 14 heavy (non-hydrogen) atoms. The van der Waals surface area contributed by atoms with Gasteiger partial charge in [0, 0.05) is 17.9 Å². The van der Waals surface area contributed by atoms with Crippen LogP contribution in [0, 0.1) is 10.1 Å². The first-order valence-corrected chi connectivity index (χ1v) is 4.20. The summed E-state index contributed by atoms with van der Waals surface area (Å²) in [5, 5.41) is 12.9. The highest BCUT2D eigenvalue weighted by molar-refractivity contribution is 7.80. The quantitative estimate of drug-likeness (QED) is 0.446. The smallest absolute Gasteiger partial charge is 0.293 e. The van der Waals surface area contributed by atoms with E-state index in [0.717, 1.165) is 0 Å². The van der Waals surface area contributed by atoms with E-state index in [1.54, 1.807) is 6.07 Å². The van der Waals surface area contributed by atoms with Crippen LogP contribution in [0.2, 0.25) is 0 Å². The summed E-state index contributed by atoms with van der Waals surface area (Å²) < 4.78 is 0. The monoisotopic (exact) mass is 212 g/mol. The third kappa shape index (κ3) is 2.46. The van der Waals surface area contributed by atoms with Crippen molar-refractivity contribution < 1.29 is 9.72 Å². The Bertz CT molecular complexity index is 392. The van der Waals surface area contributed by atoms with Crippen molar-refractivity contribution in [2.75, 3.05) is 5.32 Å². The van der Waals surface area contributed by atoms with Crippen molar-refractivity contribution >= 4 is 29.9 Å². The number of nitro groups is 1. The van der Waals surface area contributed by atoms with E-state index in [1.807, 2.05) is 0 Å². The summed E-state index contributed by atoms with van der Waals surface area (Å²) in [6.45, 7) is 1.29. The summed E-state index contributed by atoms with van der Waals surface area (Å²) in [5.74, 6) is -0.347. The SMILES string of the molecule is CC(=O)Nc1ccc(S)cc1[N+](=O)[O-]. The molecule has 6 heteroatoms. The minimum absolute atomic E-state index is 0.160. The van der Waals surface area contributed by atoms with Gasteiger partial charge in [-0.2, -0.15) is 0 Å². The Morgan fingerprint density at radius 2 is 2.21 bits per heavy atom. The Hall–Kier alpha value is -1.56. The number of amides is 1. The third-order valence-corrected chi connectivity index (χ3v) is 1.77. The Labute approximate surface area is 85.7 Å². The van der Waals surface area contributed by atoms with Crippen LogP contribution in [0.4, 0.5) is 11.4 Å². The van der Waals surface area contributed by atoms with Gasteiger partial charge in [-0.1, -0.05) is 0 Å². The zero-order valence-electron chi connectivity index (χ0n) is 7.35. The zero-order valence-corrected chi connectivity index (χ0v) is 8.25. The molecular weight excluding hydrogens is 204 g/mol. The van der Waals surface area contributed by atoms with Gasteiger partial charge in [-0.05, 0) is 12.1 Å². The van der Waals surface area contributed by atoms with E-state index in [1.165, 1.54) is 19.1 Å². The Balaban J connectivity index is 3.14. The van der Waals surface area contributed by atoms with E-state index >= 15 is 0 Å². The maximum absolute atomic E-state index is 10.7. The molecule has 0 spiro atoms. The van der Waals surface area contributed by atoms with E-state index < -0.39 is 4.92 Å². The van der Waals surface area contributed by atoms with E-state index in [-0.39, 0.29) is 17.3 Å². The van der Waals surface area contributed by atoms with Crippen molar-refractivity contribution in [3.8, 4) is 0 Å². The molecule has 0 radical (unpaired) electrons. The van der Waals surface area contributed by atoms with Gasteiger partial charge < -0.3 is 5.32 Å². The van der Waals surface area contributed by atoms with Gasteiger partial charge in [0.05, 0.1) is 4.92 Å². The molecule has 1 N–H and O–H groups in total. The number of hydrogen-bond donors (Lipinski definition) is 2. The number of carbonyl (C=O) groups excluding carboxylic acids is 1. The molecule has 1 aromatic carbocycles. The fourth-order valence-corrected chi connectivity index (χ4v) is 1.16. The van der Waals surface area contributed by atoms with E-state index in [0.29, 0.717) is 4.90 Å². The molecule has 1 amide bonds. The largest absolute Gasteiger partial charge is 0.321 e. The Morgan fingerprint density at radius 1 is 1.57 bits per heavy atom. The molecule has 0 atom stereocenters. The van der Waals surface area contributed by atoms with Gasteiger partial charge in [-0.3, -0.25) is 14.9 Å². The topological polar surface area (TPSA) is 72.2 Å². The van der Waals surface area contributed by atoms with Crippen molar-refractivity contribution in [3.05, 3.63) is 28.3 Å². The average molecular weight is 212 g/mol. The number of nitrogens with one attached hydrogen (secondary N) is 1. The Morgan fingerprint density at radius 3 is 2.71 bits per heavy atom. The number of benzene rings is 1. The van der Waals surface area contributed by atoms with E-state index in [2.05, 4.69) is 17.9 Å². The number of rotatable bonds is 2. The van der Waals surface area contributed by atoms with Crippen LogP contribution in [0.5, 0.6) is 0 Å². The first-order valence-electron chi connectivity index (χ1n) is 3.75. The van der Waals surface area contributed by atoms with Gasteiger partial charge in [0.25, 0.3) is 5.69 Å². The molecular formula is C8H8N2O3S. The first kappa shape index (κ1) is 10.5. The maximum Gasteiger partial charge on any atom is 0.293 e. The molecule has 5 nitrogen and oxygen atoms in total. The van der Waals surface area contributed by atoms with Crippen LogP contribution in [0.3, 0.4) is 0 Å². The van der Waals surface area contributed by atoms with Crippen LogP contribution in [0.1, 0.15) is 6.92 Å². The summed E-state index contributed by atoms with van der Waals surface area (Å²) in [6, 6.07) is 4.30. The summed E-state index contributed by atoms with van der Waals surface area (Å²) >= 11 is 3.97. The number of hydrogen-bond acceptors (Lipinski definition) is 4. The molecule has 1 rings (SSSR count). The van der Waals surface area contributed by atoms with Gasteiger partial charge >= 0.3 is 0 Å². The molecule has 0 aliphatic heterocycles. The number of thiol groups is 1. The normalized spacial score (nSPS) is 9.57. The Kier molecular flexibility index (Phi) is 3.08. The van der Waals surface area contributed by atoms with Gasteiger partial charge in [0.15, 0.2) is 0 Å². The van der Waals surface area contributed by atoms with Gasteiger partial charge in [0.2, 0.25) is 5.91 Å². The average Bonchev–Trinajstić information content (AvgIpc) is 2.07. The van der Waals surface area contributed by atoms with Crippen molar-refractivity contribution in [2.45, 2.75) is 11.8 Å². The van der Waals surface area contributed by atoms with Crippen molar-refractivity contribution in [1.82, 2.24) is 0 Å². The summed E-state index contributed by atoms with van der Waals surface area (Å²) in [5.41, 5.74) is 0.0213. The van der Waals surface area contributed by atoms with Gasteiger partial charge in [0.1, 0.15) is 5.69 Å². The molecule has 74 valence electrons. The third-order valence-electron chi connectivity index (χ3n) is 1.49. The molecule has 0 aromatic heterocycles. The molecule has 0 bridgehead atoms. The fraction of sp³-hybridized carbons (Fsp3) is 0.125. The number of nitrogens with zero attached hydrogens (tertiary/aromatic N) is 1. The maximum atomic E-state index is 10.7. The second-order valence-corrected chi connectivity index (χ2v) is 3.16. The van der Waals surface area contributed by atoms with Crippen LogP contribution < -0.4 is 5.32 Å². The van der Waals surface area contributed by atoms with E-state index in [4.69, 9.17) is 0 Å². The number of nitro benzene ring substituents is 1.